The van der Waals surface area contributed by atoms with Crippen LogP contribution < -0.4 is 19.5 Å². The van der Waals surface area contributed by atoms with Gasteiger partial charge >= 0.3 is 5.97 Å². The Kier molecular flexibility index (Phi) is 7.17. The number of fused-ring (bicyclic) bond motifs is 1. The Morgan fingerprint density at radius 1 is 0.971 bits per heavy atom. The van der Waals surface area contributed by atoms with E-state index >= 15 is 0 Å². The molecular formula is C26H27N3O5. The molecule has 34 heavy (non-hydrogen) atoms. The molecule has 0 spiro atoms. The van der Waals surface area contributed by atoms with Crippen LogP contribution in [0.25, 0.3) is 16.9 Å². The molecule has 2 aromatic heterocycles. The van der Waals surface area contributed by atoms with Gasteiger partial charge in [0.15, 0.2) is 22.9 Å². The molecule has 176 valence electrons. The van der Waals surface area contributed by atoms with E-state index < -0.39 is 0 Å². The van der Waals surface area contributed by atoms with E-state index in [2.05, 4.69) is 5.32 Å². The van der Waals surface area contributed by atoms with E-state index in [1.165, 1.54) is 0 Å². The molecule has 0 fully saturated rings. The quantitative estimate of drug-likeness (QED) is 0.346. The molecule has 0 amide bonds. The molecule has 0 aliphatic carbocycles. The van der Waals surface area contributed by atoms with Crippen LogP contribution in [0.2, 0.25) is 0 Å². The van der Waals surface area contributed by atoms with Gasteiger partial charge in [-0.1, -0.05) is 30.3 Å². The van der Waals surface area contributed by atoms with E-state index in [1.54, 1.807) is 21.1 Å². The van der Waals surface area contributed by atoms with E-state index in [9.17, 15) is 4.79 Å². The average Bonchev–Trinajstić information content (AvgIpc) is 3.25. The van der Waals surface area contributed by atoms with E-state index in [0.717, 1.165) is 11.1 Å². The van der Waals surface area contributed by atoms with Crippen LogP contribution in [0.5, 0.6) is 17.2 Å². The van der Waals surface area contributed by atoms with Gasteiger partial charge in [0, 0.05) is 11.8 Å². The van der Waals surface area contributed by atoms with Crippen molar-refractivity contribution in [1.29, 1.82) is 0 Å². The smallest absolute Gasteiger partial charge is 0.325 e. The first-order valence-corrected chi connectivity index (χ1v) is 10.9. The van der Waals surface area contributed by atoms with Crippen molar-refractivity contribution in [2.45, 2.75) is 13.5 Å². The molecular weight excluding hydrogens is 434 g/mol. The van der Waals surface area contributed by atoms with Crippen LogP contribution >= 0.6 is 0 Å². The van der Waals surface area contributed by atoms with Crippen LogP contribution in [0.3, 0.4) is 0 Å². The van der Waals surface area contributed by atoms with Gasteiger partial charge < -0.3 is 24.3 Å². The molecule has 0 aliphatic rings. The zero-order valence-electron chi connectivity index (χ0n) is 19.4. The van der Waals surface area contributed by atoms with Crippen molar-refractivity contribution < 1.29 is 23.7 Å². The summed E-state index contributed by atoms with van der Waals surface area (Å²) in [5, 5.41) is 3.18. The van der Waals surface area contributed by atoms with Crippen LogP contribution in [0.4, 0.5) is 5.82 Å². The maximum Gasteiger partial charge on any atom is 0.325 e. The molecule has 4 aromatic rings. The minimum atomic E-state index is -0.354. The third-order valence-electron chi connectivity index (χ3n) is 5.21. The third-order valence-corrected chi connectivity index (χ3v) is 5.21. The number of nitrogens with zero attached hydrogens (tertiary/aromatic N) is 2. The fraction of sp³-hybridized carbons (Fsp3) is 0.231. The lowest BCUT2D eigenvalue weighted by Gasteiger charge is -2.11. The van der Waals surface area contributed by atoms with Gasteiger partial charge in [-0.3, -0.25) is 9.20 Å². The lowest BCUT2D eigenvalue weighted by molar-refractivity contribution is -0.140. The fourth-order valence-electron chi connectivity index (χ4n) is 3.61. The fourth-order valence-corrected chi connectivity index (χ4v) is 3.61. The first-order chi connectivity index (χ1) is 16.6. The number of rotatable bonds is 10. The van der Waals surface area contributed by atoms with Crippen LogP contribution in [0.1, 0.15) is 12.5 Å². The summed E-state index contributed by atoms with van der Waals surface area (Å²) in [6, 6.07) is 19.2. The predicted octanol–water partition coefficient (Wildman–Crippen LogP) is 4.57. The Hall–Kier alpha value is -4.20. The highest BCUT2D eigenvalue weighted by atomic mass is 16.5. The zero-order valence-corrected chi connectivity index (χ0v) is 19.4. The minimum absolute atomic E-state index is 0.00295. The van der Waals surface area contributed by atoms with Crippen molar-refractivity contribution in [2.75, 3.05) is 32.7 Å². The molecule has 2 heterocycles. The summed E-state index contributed by atoms with van der Waals surface area (Å²) in [6.07, 6.45) is 1.87. The van der Waals surface area contributed by atoms with E-state index in [-0.39, 0.29) is 12.5 Å². The Balaban J connectivity index is 1.76. The Morgan fingerprint density at radius 2 is 1.76 bits per heavy atom. The minimum Gasteiger partial charge on any atom is -0.493 e. The molecule has 1 N–H and O–H groups in total. The number of esters is 1. The third kappa shape index (κ3) is 4.91. The molecule has 8 nitrogen and oxygen atoms in total. The van der Waals surface area contributed by atoms with Crippen LogP contribution in [-0.4, -0.2) is 42.7 Å². The first kappa shape index (κ1) is 23.0. The number of imidazole rings is 1. The van der Waals surface area contributed by atoms with Crippen LogP contribution in [-0.2, 0) is 16.1 Å². The summed E-state index contributed by atoms with van der Waals surface area (Å²) < 4.78 is 23.9. The summed E-state index contributed by atoms with van der Waals surface area (Å²) in [7, 11) is 3.17. The topological polar surface area (TPSA) is 83.3 Å². The maximum absolute atomic E-state index is 12.1. The van der Waals surface area contributed by atoms with Gasteiger partial charge in [-0.2, -0.15) is 0 Å². The monoisotopic (exact) mass is 461 g/mol. The van der Waals surface area contributed by atoms with Gasteiger partial charge in [-0.25, -0.2) is 4.98 Å². The standard InChI is InChI=1S/C26H27N3O5/c1-4-33-23(30)16-27-26-24(19-12-13-20(31-2)22(15-19)32-3)28-25-21(11-8-14-29(25)26)34-17-18-9-6-5-7-10-18/h5-15,27H,4,16-17H2,1-3H3. The summed E-state index contributed by atoms with van der Waals surface area (Å²) in [5.74, 6) is 2.10. The number of benzene rings is 2. The van der Waals surface area contributed by atoms with Crippen molar-refractivity contribution in [3.05, 3.63) is 72.4 Å². The molecule has 8 heteroatoms. The second-order valence-electron chi connectivity index (χ2n) is 7.38. The molecule has 0 radical (unpaired) electrons. The Labute approximate surface area is 198 Å². The zero-order chi connectivity index (χ0) is 23.9. The summed E-state index contributed by atoms with van der Waals surface area (Å²) >= 11 is 0. The van der Waals surface area contributed by atoms with Crippen molar-refractivity contribution in [2.24, 2.45) is 0 Å². The molecule has 4 rings (SSSR count). The number of methoxy groups -OCH3 is 2. The lowest BCUT2D eigenvalue weighted by Crippen LogP contribution is -2.17. The number of hydrogen-bond acceptors (Lipinski definition) is 7. The Bertz CT molecular complexity index is 1270. The maximum atomic E-state index is 12.1. The highest BCUT2D eigenvalue weighted by Crippen LogP contribution is 2.37. The second-order valence-corrected chi connectivity index (χ2v) is 7.38. The highest BCUT2D eigenvalue weighted by Gasteiger charge is 2.19. The van der Waals surface area contributed by atoms with Crippen molar-refractivity contribution in [3.8, 4) is 28.5 Å². The number of carbonyl (C=O) groups is 1. The van der Waals surface area contributed by atoms with Gasteiger partial charge in [0.2, 0.25) is 0 Å². The SMILES string of the molecule is CCOC(=O)CNc1c(-c2ccc(OC)c(OC)c2)nc2c(OCc3ccccc3)cccn12. The number of carbonyl (C=O) groups excluding carboxylic acids is 1. The average molecular weight is 462 g/mol. The van der Waals surface area contributed by atoms with E-state index in [4.69, 9.17) is 23.9 Å². The number of pyridine rings is 1. The van der Waals surface area contributed by atoms with Gasteiger partial charge in [0.1, 0.15) is 24.7 Å². The van der Waals surface area contributed by atoms with Crippen molar-refractivity contribution >= 4 is 17.4 Å². The predicted molar refractivity (Wildman–Crippen MR) is 130 cm³/mol. The van der Waals surface area contributed by atoms with Crippen LogP contribution in [0, 0.1) is 0 Å². The van der Waals surface area contributed by atoms with E-state index in [0.29, 0.717) is 47.6 Å². The second kappa shape index (κ2) is 10.6. The van der Waals surface area contributed by atoms with Crippen molar-refractivity contribution in [1.82, 2.24) is 9.38 Å². The lowest BCUT2D eigenvalue weighted by atomic mass is 10.1. The Morgan fingerprint density at radius 3 is 2.50 bits per heavy atom. The number of anilines is 1. The van der Waals surface area contributed by atoms with Gasteiger partial charge in [0.25, 0.3) is 0 Å². The first-order valence-electron chi connectivity index (χ1n) is 10.9. The number of nitrogens with one attached hydrogen (secondary N) is 1. The van der Waals surface area contributed by atoms with Gasteiger partial charge in [-0.15, -0.1) is 0 Å². The normalized spacial score (nSPS) is 10.7. The van der Waals surface area contributed by atoms with Gasteiger partial charge in [0.05, 0.1) is 20.8 Å². The summed E-state index contributed by atoms with van der Waals surface area (Å²) in [4.78, 5) is 16.9. The molecule has 0 saturated heterocycles. The largest absolute Gasteiger partial charge is 0.493 e. The molecule has 0 bridgehead atoms. The molecule has 0 aliphatic heterocycles. The number of hydrogen-bond donors (Lipinski definition) is 1. The summed E-state index contributed by atoms with van der Waals surface area (Å²) in [6.45, 7) is 2.49. The van der Waals surface area contributed by atoms with Crippen LogP contribution in [0.15, 0.2) is 66.9 Å². The summed E-state index contributed by atoms with van der Waals surface area (Å²) in [5.41, 5.74) is 3.11. The molecule has 2 aromatic carbocycles. The number of aromatic nitrogens is 2. The molecule has 0 saturated carbocycles. The van der Waals surface area contributed by atoms with E-state index in [1.807, 2.05) is 71.3 Å². The number of ether oxygens (including phenoxy) is 4. The molecule has 0 atom stereocenters. The van der Waals surface area contributed by atoms with Crippen molar-refractivity contribution in [3.63, 3.8) is 0 Å². The highest BCUT2D eigenvalue weighted by molar-refractivity contribution is 5.82. The molecule has 0 unspecified atom stereocenters. The van der Waals surface area contributed by atoms with Gasteiger partial charge in [-0.05, 0) is 42.8 Å².